The van der Waals surface area contributed by atoms with Crippen molar-refractivity contribution in [2.45, 2.75) is 57.3 Å². The van der Waals surface area contributed by atoms with Crippen molar-refractivity contribution >= 4 is 21.4 Å². The number of hydrogen-bond donors (Lipinski definition) is 1. The van der Waals surface area contributed by atoms with E-state index >= 15 is 0 Å². The molecule has 0 bridgehead atoms. The van der Waals surface area contributed by atoms with Crippen molar-refractivity contribution in [1.82, 2.24) is 9.78 Å². The molecule has 1 aliphatic rings. The van der Waals surface area contributed by atoms with E-state index in [1.807, 2.05) is 43.3 Å². The smallest absolute Gasteiger partial charge is 0.276 e. The fourth-order valence-electron chi connectivity index (χ4n) is 4.90. The quantitative estimate of drug-likeness (QED) is 0.304. The van der Waals surface area contributed by atoms with Gasteiger partial charge in [-0.2, -0.15) is 5.10 Å². The van der Waals surface area contributed by atoms with Gasteiger partial charge in [0.1, 0.15) is 5.75 Å². The molecule has 0 atom stereocenters. The Labute approximate surface area is 236 Å². The first kappa shape index (κ1) is 27.6. The van der Waals surface area contributed by atoms with Crippen LogP contribution >= 0.6 is 0 Å². The van der Waals surface area contributed by atoms with Crippen LogP contribution in [0.1, 0.15) is 61.8 Å². The number of carbonyl (C=O) groups excluding carboxylic acids is 1. The molecule has 0 aliphatic carbocycles. The standard InChI is InChI=1S/C32H35N3O4S/c1-20-8-10-21(11-9-20)28-18-27(34-35(28)23-12-14-24(15-13-23)40(7,37)38)30(36)33-22-16-25(31(2,3)4)29-26(17-22)32(5,6)19-39-29/h8-18H,19H2,1-7H3,(H,33,36). The summed E-state index contributed by atoms with van der Waals surface area (Å²) in [6.45, 7) is 13.3. The molecular formula is C32H35N3O4S. The fourth-order valence-corrected chi connectivity index (χ4v) is 5.53. The first-order valence-electron chi connectivity index (χ1n) is 13.2. The highest BCUT2D eigenvalue weighted by Crippen LogP contribution is 2.46. The average molecular weight is 558 g/mol. The maximum atomic E-state index is 13.6. The zero-order valence-corrected chi connectivity index (χ0v) is 24.8. The topological polar surface area (TPSA) is 90.3 Å². The van der Waals surface area contributed by atoms with Crippen LogP contribution < -0.4 is 10.1 Å². The van der Waals surface area contributed by atoms with Crippen LogP contribution in [0.3, 0.4) is 0 Å². The van der Waals surface area contributed by atoms with E-state index < -0.39 is 9.84 Å². The van der Waals surface area contributed by atoms with Crippen molar-refractivity contribution in [1.29, 1.82) is 0 Å². The number of sulfone groups is 1. The lowest BCUT2D eigenvalue weighted by atomic mass is 9.80. The highest BCUT2D eigenvalue weighted by atomic mass is 32.2. The highest BCUT2D eigenvalue weighted by molar-refractivity contribution is 7.90. The van der Waals surface area contributed by atoms with E-state index in [0.29, 0.717) is 18.0 Å². The summed E-state index contributed by atoms with van der Waals surface area (Å²) in [5.74, 6) is 0.565. The summed E-state index contributed by atoms with van der Waals surface area (Å²) in [7, 11) is -3.34. The summed E-state index contributed by atoms with van der Waals surface area (Å²) in [6.07, 6.45) is 1.17. The summed E-state index contributed by atoms with van der Waals surface area (Å²) in [5.41, 5.74) is 6.07. The number of rotatable bonds is 5. The predicted molar refractivity (Wildman–Crippen MR) is 158 cm³/mol. The lowest BCUT2D eigenvalue weighted by molar-refractivity contribution is 0.102. The molecule has 0 fully saturated rings. The Morgan fingerprint density at radius 1 is 1.00 bits per heavy atom. The van der Waals surface area contributed by atoms with Gasteiger partial charge in [-0.1, -0.05) is 64.4 Å². The minimum atomic E-state index is -3.34. The van der Waals surface area contributed by atoms with Crippen LogP contribution in [-0.2, 0) is 20.7 Å². The molecule has 7 nitrogen and oxygen atoms in total. The summed E-state index contributed by atoms with van der Waals surface area (Å²) in [5, 5.41) is 7.74. The molecular weight excluding hydrogens is 522 g/mol. The van der Waals surface area contributed by atoms with Crippen LogP contribution in [0.5, 0.6) is 5.75 Å². The largest absolute Gasteiger partial charge is 0.492 e. The van der Waals surface area contributed by atoms with Crippen LogP contribution in [0.15, 0.2) is 71.6 Å². The van der Waals surface area contributed by atoms with Crippen molar-refractivity contribution in [2.75, 3.05) is 18.2 Å². The van der Waals surface area contributed by atoms with Crippen molar-refractivity contribution < 1.29 is 17.9 Å². The maximum absolute atomic E-state index is 13.6. The number of aromatic nitrogens is 2. The van der Waals surface area contributed by atoms with Crippen molar-refractivity contribution in [2.24, 2.45) is 0 Å². The van der Waals surface area contributed by atoms with Crippen LogP contribution in [0.4, 0.5) is 5.69 Å². The zero-order valence-electron chi connectivity index (χ0n) is 24.0. The van der Waals surface area contributed by atoms with Crippen molar-refractivity contribution in [3.05, 3.63) is 89.1 Å². The molecule has 0 spiro atoms. The second-order valence-electron chi connectivity index (χ2n) is 12.2. The molecule has 0 saturated heterocycles. The number of hydrogen-bond acceptors (Lipinski definition) is 5. The van der Waals surface area contributed by atoms with Gasteiger partial charge in [-0.3, -0.25) is 4.79 Å². The first-order valence-corrected chi connectivity index (χ1v) is 15.1. The normalized spacial score (nSPS) is 14.5. The highest BCUT2D eigenvalue weighted by Gasteiger charge is 2.36. The lowest BCUT2D eigenvalue weighted by Gasteiger charge is -2.24. The van der Waals surface area contributed by atoms with Crippen LogP contribution in [0.25, 0.3) is 16.9 Å². The molecule has 1 amide bonds. The summed E-state index contributed by atoms with van der Waals surface area (Å²) in [6, 6.07) is 20.2. The monoisotopic (exact) mass is 557 g/mol. The van der Waals surface area contributed by atoms with E-state index in [1.54, 1.807) is 35.0 Å². The number of fused-ring (bicyclic) bond motifs is 1. The van der Waals surface area contributed by atoms with E-state index in [0.717, 1.165) is 33.7 Å². The van der Waals surface area contributed by atoms with Crippen molar-refractivity contribution in [3.8, 4) is 22.7 Å². The molecule has 0 radical (unpaired) electrons. The number of amides is 1. The fraction of sp³-hybridized carbons (Fsp3) is 0.312. The van der Waals surface area contributed by atoms with Crippen LogP contribution in [-0.4, -0.2) is 37.0 Å². The van der Waals surface area contributed by atoms with Gasteiger partial charge >= 0.3 is 0 Å². The second-order valence-corrected chi connectivity index (χ2v) is 14.3. The van der Waals surface area contributed by atoms with Gasteiger partial charge in [0.15, 0.2) is 15.5 Å². The van der Waals surface area contributed by atoms with E-state index in [1.165, 1.54) is 6.26 Å². The van der Waals surface area contributed by atoms with Crippen LogP contribution in [0, 0.1) is 6.92 Å². The molecule has 40 heavy (non-hydrogen) atoms. The minimum absolute atomic E-state index is 0.172. The molecule has 1 N–H and O–H groups in total. The molecule has 1 aromatic heterocycles. The number of nitrogens with zero attached hydrogens (tertiary/aromatic N) is 2. The summed E-state index contributed by atoms with van der Waals surface area (Å²) >= 11 is 0. The Bertz CT molecular complexity index is 1710. The van der Waals surface area contributed by atoms with Gasteiger partial charge in [-0.05, 0) is 54.8 Å². The molecule has 0 saturated carbocycles. The Morgan fingerprint density at radius 2 is 1.65 bits per heavy atom. The van der Waals surface area contributed by atoms with Gasteiger partial charge in [-0.25, -0.2) is 13.1 Å². The number of benzene rings is 3. The number of carbonyl (C=O) groups is 1. The van der Waals surface area contributed by atoms with E-state index in [4.69, 9.17) is 4.74 Å². The molecule has 1 aliphatic heterocycles. The number of anilines is 1. The van der Waals surface area contributed by atoms with Gasteiger partial charge in [-0.15, -0.1) is 0 Å². The molecule has 3 aromatic carbocycles. The molecule has 5 rings (SSSR count). The Kier molecular flexibility index (Phi) is 6.65. The second kappa shape index (κ2) is 9.63. The van der Waals surface area contributed by atoms with Crippen LogP contribution in [0.2, 0.25) is 0 Å². The Hall–Kier alpha value is -3.91. The molecule has 0 unspecified atom stereocenters. The molecule has 2 heterocycles. The van der Waals surface area contributed by atoms with Crippen molar-refractivity contribution in [3.63, 3.8) is 0 Å². The third kappa shape index (κ3) is 5.28. The molecule has 208 valence electrons. The Balaban J connectivity index is 1.56. The van der Waals surface area contributed by atoms with E-state index in [2.05, 4.69) is 45.0 Å². The lowest BCUT2D eigenvalue weighted by Crippen LogP contribution is -2.19. The third-order valence-corrected chi connectivity index (χ3v) is 8.39. The van der Waals surface area contributed by atoms with Gasteiger partial charge < -0.3 is 10.1 Å². The molecule has 4 aromatic rings. The minimum Gasteiger partial charge on any atom is -0.492 e. The maximum Gasteiger partial charge on any atom is 0.276 e. The molecule has 8 heteroatoms. The van der Waals surface area contributed by atoms with E-state index in [9.17, 15) is 13.2 Å². The zero-order chi connectivity index (χ0) is 29.0. The van der Waals surface area contributed by atoms with Gasteiger partial charge in [0.05, 0.1) is 22.9 Å². The van der Waals surface area contributed by atoms with Gasteiger partial charge in [0.25, 0.3) is 5.91 Å². The van der Waals surface area contributed by atoms with Gasteiger partial charge in [0.2, 0.25) is 0 Å². The predicted octanol–water partition coefficient (Wildman–Crippen LogP) is 6.47. The van der Waals surface area contributed by atoms with Gasteiger partial charge in [0, 0.05) is 34.0 Å². The van der Waals surface area contributed by atoms with E-state index in [-0.39, 0.29) is 27.3 Å². The SMILES string of the molecule is Cc1ccc(-c2cc(C(=O)Nc3cc(C(C)(C)C)c4c(c3)C(C)(C)CO4)nn2-c2ccc(S(C)(=O)=O)cc2)cc1. The third-order valence-electron chi connectivity index (χ3n) is 7.26. The summed E-state index contributed by atoms with van der Waals surface area (Å²) in [4.78, 5) is 13.8. The number of ether oxygens (including phenoxy) is 1. The number of aryl methyl sites for hydroxylation is 1. The summed E-state index contributed by atoms with van der Waals surface area (Å²) < 4.78 is 31.7. The average Bonchev–Trinajstić information content (AvgIpc) is 3.45. The number of nitrogens with one attached hydrogen (secondary N) is 1. The Morgan fingerprint density at radius 3 is 2.25 bits per heavy atom. The first-order chi connectivity index (χ1) is 18.6.